The third-order valence-corrected chi connectivity index (χ3v) is 2.86. The van der Waals surface area contributed by atoms with Gasteiger partial charge in [-0.1, -0.05) is 0 Å². The molecule has 0 aliphatic rings. The maximum atomic E-state index is 13.6. The summed E-state index contributed by atoms with van der Waals surface area (Å²) in [6.07, 6.45) is 1.41. The highest BCUT2D eigenvalue weighted by Crippen LogP contribution is 2.17. The van der Waals surface area contributed by atoms with Crippen LogP contribution < -0.4 is 0 Å². The fourth-order valence-electron chi connectivity index (χ4n) is 1.38. The molecule has 0 bridgehead atoms. The van der Waals surface area contributed by atoms with Gasteiger partial charge in [0, 0.05) is 23.9 Å². The summed E-state index contributed by atoms with van der Waals surface area (Å²) in [5, 5.41) is 0. The Morgan fingerprint density at radius 2 is 1.94 bits per heavy atom. The molecule has 1 aromatic carbocycles. The van der Waals surface area contributed by atoms with Crippen molar-refractivity contribution in [2.24, 2.45) is 0 Å². The number of halogens is 2. The number of ketones is 2. The van der Waals surface area contributed by atoms with Crippen LogP contribution in [-0.4, -0.2) is 30.6 Å². The van der Waals surface area contributed by atoms with Gasteiger partial charge in [0.25, 0.3) is 0 Å². The molecule has 0 aromatic heterocycles. The summed E-state index contributed by atoms with van der Waals surface area (Å²) in [5.41, 5.74) is -0.105. The Bertz CT molecular complexity index is 524. The highest BCUT2D eigenvalue weighted by molar-refractivity contribution is 14.1. The zero-order chi connectivity index (χ0) is 13.9. The number of Topliss-reactive ketones (excluding diaryl/α,β-unsaturated/α-hetero) is 2. The molecule has 0 atom stereocenters. The van der Waals surface area contributed by atoms with E-state index in [0.717, 1.165) is 3.57 Å². The van der Waals surface area contributed by atoms with Gasteiger partial charge in [-0.05, 0) is 47.7 Å². The Labute approximate surface area is 119 Å². The molecule has 0 radical (unpaired) electrons. The van der Waals surface area contributed by atoms with Crippen LogP contribution in [0.2, 0.25) is 0 Å². The number of benzene rings is 1. The van der Waals surface area contributed by atoms with Gasteiger partial charge in [-0.25, -0.2) is 4.39 Å². The van der Waals surface area contributed by atoms with E-state index in [2.05, 4.69) is 0 Å². The van der Waals surface area contributed by atoms with Gasteiger partial charge in [-0.3, -0.25) is 9.59 Å². The van der Waals surface area contributed by atoms with Gasteiger partial charge in [-0.15, -0.1) is 0 Å². The summed E-state index contributed by atoms with van der Waals surface area (Å²) in [7, 11) is 3.39. The van der Waals surface area contributed by atoms with Gasteiger partial charge >= 0.3 is 0 Å². The Kier molecular flexibility index (Phi) is 5.01. The molecule has 0 heterocycles. The predicted octanol–water partition coefficient (Wildman–Crippen LogP) is 2.65. The van der Waals surface area contributed by atoms with E-state index in [4.69, 9.17) is 0 Å². The number of allylic oxidation sites excluding steroid dienone is 1. The number of carbonyl (C=O) groups is 2. The van der Waals surface area contributed by atoms with Crippen LogP contribution in [0, 0.1) is 9.39 Å². The third kappa shape index (κ3) is 3.63. The number of rotatable bonds is 4. The molecule has 96 valence electrons. The molecule has 1 aromatic rings. The van der Waals surface area contributed by atoms with Crippen molar-refractivity contribution in [1.82, 2.24) is 4.90 Å². The Hall–Kier alpha value is -1.24. The van der Waals surface area contributed by atoms with Crippen molar-refractivity contribution in [1.29, 1.82) is 0 Å². The minimum absolute atomic E-state index is 0.0269. The van der Waals surface area contributed by atoms with Crippen LogP contribution in [0.1, 0.15) is 17.3 Å². The van der Waals surface area contributed by atoms with Crippen molar-refractivity contribution in [2.45, 2.75) is 6.92 Å². The molecule has 0 amide bonds. The lowest BCUT2D eigenvalue weighted by Crippen LogP contribution is -2.16. The largest absolute Gasteiger partial charge is 0.383 e. The van der Waals surface area contributed by atoms with E-state index >= 15 is 0 Å². The van der Waals surface area contributed by atoms with E-state index in [1.807, 2.05) is 22.6 Å². The van der Waals surface area contributed by atoms with Crippen LogP contribution in [0.15, 0.2) is 30.0 Å². The third-order valence-electron chi connectivity index (χ3n) is 2.18. The maximum Gasteiger partial charge on any atom is 0.201 e. The average molecular weight is 361 g/mol. The van der Waals surface area contributed by atoms with Gasteiger partial charge in [0.1, 0.15) is 5.82 Å². The van der Waals surface area contributed by atoms with Crippen LogP contribution >= 0.6 is 22.6 Å². The molecule has 18 heavy (non-hydrogen) atoms. The number of nitrogens with zero attached hydrogens (tertiary/aromatic N) is 1. The topological polar surface area (TPSA) is 37.4 Å². The van der Waals surface area contributed by atoms with Gasteiger partial charge in [0.2, 0.25) is 5.78 Å². The predicted molar refractivity (Wildman–Crippen MR) is 75.9 cm³/mol. The summed E-state index contributed by atoms with van der Waals surface area (Å²) >= 11 is 1.99. The molecular weight excluding hydrogens is 348 g/mol. The smallest absolute Gasteiger partial charge is 0.201 e. The van der Waals surface area contributed by atoms with Crippen molar-refractivity contribution < 1.29 is 14.0 Å². The van der Waals surface area contributed by atoms with Crippen LogP contribution in [0.4, 0.5) is 4.39 Å². The molecule has 0 saturated heterocycles. The van der Waals surface area contributed by atoms with Crippen LogP contribution in [-0.2, 0) is 4.79 Å². The Balaban J connectivity index is 3.27. The van der Waals surface area contributed by atoms with E-state index in [0.29, 0.717) is 0 Å². The second-order valence-corrected chi connectivity index (χ2v) is 5.26. The summed E-state index contributed by atoms with van der Waals surface area (Å²) < 4.78 is 14.3. The van der Waals surface area contributed by atoms with Crippen molar-refractivity contribution >= 4 is 34.2 Å². The Morgan fingerprint density at radius 3 is 2.44 bits per heavy atom. The quantitative estimate of drug-likeness (QED) is 0.272. The highest BCUT2D eigenvalue weighted by atomic mass is 127. The summed E-state index contributed by atoms with van der Waals surface area (Å²) in [4.78, 5) is 25.2. The molecule has 0 spiro atoms. The number of hydrogen-bond acceptors (Lipinski definition) is 3. The van der Waals surface area contributed by atoms with Crippen LogP contribution in [0.25, 0.3) is 0 Å². The minimum Gasteiger partial charge on any atom is -0.383 e. The summed E-state index contributed by atoms with van der Waals surface area (Å²) in [5.74, 6) is -1.59. The lowest BCUT2D eigenvalue weighted by molar-refractivity contribution is -0.113. The first kappa shape index (κ1) is 14.8. The van der Waals surface area contributed by atoms with Crippen molar-refractivity contribution in [2.75, 3.05) is 14.1 Å². The molecule has 3 nitrogen and oxygen atoms in total. The van der Waals surface area contributed by atoms with E-state index < -0.39 is 11.6 Å². The van der Waals surface area contributed by atoms with E-state index in [1.54, 1.807) is 25.1 Å². The standard InChI is InChI=1S/C13H13FINO2/c1-8(17)11(7-16(2)3)13(18)10-6-9(15)4-5-12(10)14/h4-7H,1-3H3/b11-7+. The second kappa shape index (κ2) is 6.08. The van der Waals surface area contributed by atoms with Gasteiger partial charge in [0.15, 0.2) is 5.78 Å². The van der Waals surface area contributed by atoms with Gasteiger partial charge < -0.3 is 4.90 Å². The lowest BCUT2D eigenvalue weighted by atomic mass is 10.0. The molecule has 5 heteroatoms. The molecule has 0 fully saturated rings. The monoisotopic (exact) mass is 361 g/mol. The maximum absolute atomic E-state index is 13.6. The number of hydrogen-bond donors (Lipinski definition) is 0. The molecule has 0 N–H and O–H groups in total. The van der Waals surface area contributed by atoms with Crippen molar-refractivity contribution in [3.05, 3.63) is 44.9 Å². The fourth-order valence-corrected chi connectivity index (χ4v) is 1.88. The van der Waals surface area contributed by atoms with E-state index in [-0.39, 0.29) is 16.9 Å². The summed E-state index contributed by atoms with van der Waals surface area (Å²) in [6.45, 7) is 1.29. The first-order valence-corrected chi connectivity index (χ1v) is 6.29. The summed E-state index contributed by atoms with van der Waals surface area (Å²) in [6, 6.07) is 4.23. The van der Waals surface area contributed by atoms with Gasteiger partial charge in [-0.2, -0.15) is 0 Å². The average Bonchev–Trinajstić information content (AvgIpc) is 2.27. The first-order chi connectivity index (χ1) is 8.32. The van der Waals surface area contributed by atoms with E-state index in [9.17, 15) is 14.0 Å². The zero-order valence-electron chi connectivity index (χ0n) is 10.3. The fraction of sp³-hybridized carbons (Fsp3) is 0.231. The molecule has 0 unspecified atom stereocenters. The molecule has 1 rings (SSSR count). The first-order valence-electron chi connectivity index (χ1n) is 5.22. The number of carbonyl (C=O) groups excluding carboxylic acids is 2. The minimum atomic E-state index is -0.619. The normalized spacial score (nSPS) is 11.3. The van der Waals surface area contributed by atoms with E-state index in [1.165, 1.54) is 25.3 Å². The second-order valence-electron chi connectivity index (χ2n) is 4.02. The van der Waals surface area contributed by atoms with Crippen molar-refractivity contribution in [3.63, 3.8) is 0 Å². The molecular formula is C13H13FINO2. The SMILES string of the molecule is CC(=O)/C(=C\N(C)C)C(=O)c1cc(I)ccc1F. The molecule has 0 saturated carbocycles. The highest BCUT2D eigenvalue weighted by Gasteiger charge is 2.20. The van der Waals surface area contributed by atoms with Gasteiger partial charge in [0.05, 0.1) is 11.1 Å². The molecule has 0 aliphatic carbocycles. The van der Waals surface area contributed by atoms with Crippen molar-refractivity contribution in [3.8, 4) is 0 Å². The van der Waals surface area contributed by atoms with Crippen LogP contribution in [0.5, 0.6) is 0 Å². The zero-order valence-corrected chi connectivity index (χ0v) is 12.5. The molecule has 0 aliphatic heterocycles. The lowest BCUT2D eigenvalue weighted by Gasteiger charge is -2.09. The van der Waals surface area contributed by atoms with Crippen LogP contribution in [0.3, 0.4) is 0 Å². The Morgan fingerprint density at radius 1 is 1.33 bits per heavy atom.